The summed E-state index contributed by atoms with van der Waals surface area (Å²) in [7, 11) is 0. The second kappa shape index (κ2) is 9.57. The zero-order valence-corrected chi connectivity index (χ0v) is 21.3. The fourth-order valence-electron chi connectivity index (χ4n) is 5.18. The van der Waals surface area contributed by atoms with Gasteiger partial charge in [-0.2, -0.15) is 0 Å². The minimum absolute atomic E-state index is 0.0811. The Morgan fingerprint density at radius 2 is 2.11 bits per heavy atom. The lowest BCUT2D eigenvalue weighted by Crippen LogP contribution is -2.46. The number of hydrogen-bond donors (Lipinski definition) is 2. The molecule has 0 saturated carbocycles. The van der Waals surface area contributed by atoms with E-state index in [0.717, 1.165) is 41.9 Å². The Bertz CT molecular complexity index is 1460. The second-order valence-electron chi connectivity index (χ2n) is 9.38. The quantitative estimate of drug-likeness (QED) is 0.407. The van der Waals surface area contributed by atoms with Crippen molar-refractivity contribution in [2.45, 2.75) is 44.8 Å². The average molecular weight is 524 g/mol. The first kappa shape index (κ1) is 23.6. The molecule has 0 spiro atoms. The third-order valence-electron chi connectivity index (χ3n) is 7.09. The first-order valence-corrected chi connectivity index (χ1v) is 13.3. The van der Waals surface area contributed by atoms with Gasteiger partial charge >= 0.3 is 0 Å². The van der Waals surface area contributed by atoms with Crippen LogP contribution >= 0.6 is 22.9 Å². The number of rotatable bonds is 5. The number of fused-ring (bicyclic) bond motifs is 2. The number of anilines is 1. The van der Waals surface area contributed by atoms with E-state index in [2.05, 4.69) is 10.3 Å². The van der Waals surface area contributed by atoms with Gasteiger partial charge in [0.05, 0.1) is 35.3 Å². The Labute approximate surface area is 217 Å². The van der Waals surface area contributed by atoms with Gasteiger partial charge in [-0.05, 0) is 49.6 Å². The lowest BCUT2D eigenvalue weighted by molar-refractivity contribution is -0.138. The molecule has 186 valence electrons. The molecule has 0 bridgehead atoms. The van der Waals surface area contributed by atoms with Crippen molar-refractivity contribution in [3.63, 3.8) is 0 Å². The van der Waals surface area contributed by atoms with Crippen molar-refractivity contribution in [3.05, 3.63) is 74.1 Å². The van der Waals surface area contributed by atoms with Crippen LogP contribution in [0.25, 0.3) is 22.2 Å². The Hall–Kier alpha value is -2.82. The summed E-state index contributed by atoms with van der Waals surface area (Å²) in [5.41, 5.74) is 6.01. The molecule has 36 heavy (non-hydrogen) atoms. The van der Waals surface area contributed by atoms with Crippen molar-refractivity contribution in [3.8, 4) is 11.3 Å². The van der Waals surface area contributed by atoms with E-state index in [-0.39, 0.29) is 17.6 Å². The van der Waals surface area contributed by atoms with Crippen LogP contribution < -0.4 is 10.9 Å². The molecule has 4 heterocycles. The van der Waals surface area contributed by atoms with Gasteiger partial charge in [-0.15, -0.1) is 11.3 Å². The number of aliphatic hydroxyl groups is 1. The van der Waals surface area contributed by atoms with Crippen molar-refractivity contribution >= 4 is 39.5 Å². The standard InChI is InChI=1S/C26H26ClN5O3S/c1-15-29-23-9-20(24-13-36-14-28-24)22(30-18-6-7-31-19(8-18)12-35-26(31)34)10-21(23)25(33)32(15)11-16-2-4-17(27)5-3-16/h2-5,9-10,13-14,18-19,26,30,34H,6-8,11-12H2,1H3/t18-,19-,26?/m0/s1. The van der Waals surface area contributed by atoms with Crippen molar-refractivity contribution in [1.29, 1.82) is 0 Å². The monoisotopic (exact) mass is 523 g/mol. The summed E-state index contributed by atoms with van der Waals surface area (Å²) in [6.45, 7) is 3.55. The number of ether oxygens (including phenoxy) is 1. The van der Waals surface area contributed by atoms with Crippen LogP contribution in [0, 0.1) is 6.92 Å². The Morgan fingerprint density at radius 1 is 1.28 bits per heavy atom. The zero-order valence-electron chi connectivity index (χ0n) is 19.7. The normalized spacial score (nSPS) is 22.1. The molecule has 4 aromatic rings. The molecule has 0 amide bonds. The summed E-state index contributed by atoms with van der Waals surface area (Å²) in [6, 6.07) is 11.7. The summed E-state index contributed by atoms with van der Waals surface area (Å²) in [5, 5.41) is 16.9. The number of halogens is 1. The van der Waals surface area contributed by atoms with Gasteiger partial charge in [0, 0.05) is 40.3 Å². The molecule has 2 aromatic heterocycles. The molecule has 8 nitrogen and oxygen atoms in total. The van der Waals surface area contributed by atoms with E-state index in [0.29, 0.717) is 34.9 Å². The molecule has 10 heteroatoms. The number of thiazole rings is 1. The smallest absolute Gasteiger partial charge is 0.261 e. The highest BCUT2D eigenvalue weighted by atomic mass is 35.5. The van der Waals surface area contributed by atoms with E-state index in [1.807, 2.05) is 59.1 Å². The molecule has 0 radical (unpaired) electrons. The lowest BCUT2D eigenvalue weighted by atomic mass is 9.97. The second-order valence-corrected chi connectivity index (χ2v) is 10.5. The summed E-state index contributed by atoms with van der Waals surface area (Å²) < 4.78 is 7.12. The maximum absolute atomic E-state index is 13.7. The highest BCUT2D eigenvalue weighted by molar-refractivity contribution is 7.07. The molecule has 2 aromatic carbocycles. The van der Waals surface area contributed by atoms with E-state index >= 15 is 0 Å². The van der Waals surface area contributed by atoms with Crippen LogP contribution in [-0.4, -0.2) is 56.2 Å². The minimum Gasteiger partial charge on any atom is -0.382 e. The Balaban J connectivity index is 1.39. The topological polar surface area (TPSA) is 92.5 Å². The van der Waals surface area contributed by atoms with Crippen LogP contribution in [0.5, 0.6) is 0 Å². The number of nitrogens with zero attached hydrogens (tertiary/aromatic N) is 4. The van der Waals surface area contributed by atoms with Gasteiger partial charge in [-0.1, -0.05) is 23.7 Å². The number of hydrogen-bond acceptors (Lipinski definition) is 8. The number of aromatic nitrogens is 3. The molecule has 6 rings (SSSR count). The Kier molecular flexibility index (Phi) is 6.27. The number of benzene rings is 2. The van der Waals surface area contributed by atoms with Gasteiger partial charge in [-0.25, -0.2) is 14.9 Å². The van der Waals surface area contributed by atoms with Crippen molar-refractivity contribution < 1.29 is 9.84 Å². The summed E-state index contributed by atoms with van der Waals surface area (Å²) in [4.78, 5) is 25.0. The van der Waals surface area contributed by atoms with Crippen molar-refractivity contribution in [1.82, 2.24) is 19.4 Å². The number of piperidine rings is 1. The van der Waals surface area contributed by atoms with Gasteiger partial charge in [0.1, 0.15) is 5.82 Å². The molecule has 3 atom stereocenters. The van der Waals surface area contributed by atoms with Crippen LogP contribution in [-0.2, 0) is 11.3 Å². The Morgan fingerprint density at radius 3 is 2.89 bits per heavy atom. The van der Waals surface area contributed by atoms with Gasteiger partial charge < -0.3 is 15.2 Å². The number of nitrogens with one attached hydrogen (secondary N) is 1. The van der Waals surface area contributed by atoms with Crippen LogP contribution in [0.4, 0.5) is 5.69 Å². The predicted octanol–water partition coefficient (Wildman–Crippen LogP) is 4.08. The summed E-state index contributed by atoms with van der Waals surface area (Å²) in [6.07, 6.45) is 0.896. The third-order valence-corrected chi connectivity index (χ3v) is 7.93. The van der Waals surface area contributed by atoms with Gasteiger partial charge in [0.15, 0.2) is 0 Å². The fraction of sp³-hybridized carbons (Fsp3) is 0.346. The molecule has 2 saturated heterocycles. The molecule has 2 N–H and O–H groups in total. The maximum Gasteiger partial charge on any atom is 0.261 e. The number of aliphatic hydroxyl groups excluding tert-OH is 1. The van der Waals surface area contributed by atoms with E-state index < -0.39 is 6.41 Å². The molecule has 2 aliphatic heterocycles. The first-order valence-electron chi connectivity index (χ1n) is 12.0. The largest absolute Gasteiger partial charge is 0.382 e. The zero-order chi connectivity index (χ0) is 24.8. The van der Waals surface area contributed by atoms with Gasteiger partial charge in [0.25, 0.3) is 5.56 Å². The van der Waals surface area contributed by atoms with Gasteiger partial charge in [0.2, 0.25) is 6.41 Å². The molecule has 2 aliphatic rings. The maximum atomic E-state index is 13.7. The van der Waals surface area contributed by atoms with Crippen molar-refractivity contribution in [2.24, 2.45) is 0 Å². The lowest BCUT2D eigenvalue weighted by Gasteiger charge is -2.35. The molecular weight excluding hydrogens is 498 g/mol. The molecule has 2 fully saturated rings. The summed E-state index contributed by atoms with van der Waals surface area (Å²) >= 11 is 7.57. The van der Waals surface area contributed by atoms with Crippen LogP contribution in [0.1, 0.15) is 24.2 Å². The summed E-state index contributed by atoms with van der Waals surface area (Å²) in [5.74, 6) is 0.652. The van der Waals surface area contributed by atoms with E-state index in [9.17, 15) is 9.90 Å². The van der Waals surface area contributed by atoms with E-state index in [4.69, 9.17) is 21.3 Å². The third kappa shape index (κ3) is 4.42. The fourth-order valence-corrected chi connectivity index (χ4v) is 5.86. The van der Waals surface area contributed by atoms with Crippen LogP contribution in [0.3, 0.4) is 0 Å². The average Bonchev–Trinajstić information content (AvgIpc) is 3.53. The SMILES string of the molecule is Cc1nc2cc(-c3cscn3)c(N[C@H]3CCN4C(O)OC[C@@H]4C3)cc2c(=O)n1Cc1ccc(Cl)cc1. The number of aryl methyl sites for hydroxylation is 1. The van der Waals surface area contributed by atoms with Crippen LogP contribution in [0.15, 0.2) is 52.1 Å². The molecule has 1 unspecified atom stereocenters. The molecule has 0 aliphatic carbocycles. The highest BCUT2D eigenvalue weighted by Gasteiger charge is 2.38. The minimum atomic E-state index is -0.810. The predicted molar refractivity (Wildman–Crippen MR) is 141 cm³/mol. The van der Waals surface area contributed by atoms with Crippen LogP contribution in [0.2, 0.25) is 5.02 Å². The van der Waals surface area contributed by atoms with E-state index in [1.165, 1.54) is 11.3 Å². The van der Waals surface area contributed by atoms with E-state index in [1.54, 1.807) is 4.57 Å². The highest BCUT2D eigenvalue weighted by Crippen LogP contribution is 2.34. The molecular formula is C26H26ClN5O3S. The van der Waals surface area contributed by atoms with Gasteiger partial charge in [-0.3, -0.25) is 9.36 Å². The first-order chi connectivity index (χ1) is 17.5. The van der Waals surface area contributed by atoms with Crippen molar-refractivity contribution in [2.75, 3.05) is 18.5 Å².